The number of hydrogen-bond donors (Lipinski definition) is 1. The molecular weight excluding hydrogens is 408 g/mol. The molecule has 1 N–H and O–H groups in total. The van der Waals surface area contributed by atoms with Gasteiger partial charge < -0.3 is 14.6 Å². The Balaban J connectivity index is 0.000000177. The summed E-state index contributed by atoms with van der Waals surface area (Å²) in [5, 5.41) is 8.84. The number of nitrogens with zero attached hydrogens (tertiary/aromatic N) is 2. The number of rotatable bonds is 6. The molecule has 0 aromatic heterocycles. The van der Waals surface area contributed by atoms with E-state index in [0.29, 0.717) is 25.0 Å². The molecule has 30 heavy (non-hydrogen) atoms. The maximum Gasteiger partial charge on any atom is 0.264 e. The van der Waals surface area contributed by atoms with Gasteiger partial charge in [0.1, 0.15) is 25.3 Å². The molecule has 160 valence electrons. The minimum Gasteiger partial charge on any atom is -0.475 e. The number of hydrogen-bond acceptors (Lipinski definition) is 8. The normalized spacial score (nSPS) is 20.3. The topological polar surface area (TPSA) is 107 Å². The van der Waals surface area contributed by atoms with Crippen LogP contribution in [0.4, 0.5) is 0 Å². The van der Waals surface area contributed by atoms with Crippen LogP contribution in [0.2, 0.25) is 0 Å². The van der Waals surface area contributed by atoms with Crippen molar-refractivity contribution in [3.05, 3.63) is 71.8 Å². The van der Waals surface area contributed by atoms with E-state index in [0.717, 1.165) is 17.4 Å². The number of aliphatic hydroxyl groups is 1. The van der Waals surface area contributed by atoms with Crippen LogP contribution < -0.4 is 0 Å². The van der Waals surface area contributed by atoms with E-state index in [1.165, 1.54) is 0 Å². The molecule has 0 radical (unpaired) electrons. The number of ether oxygens (including phenoxy) is 2. The van der Waals surface area contributed by atoms with E-state index in [4.69, 9.17) is 14.6 Å². The lowest BCUT2D eigenvalue weighted by Gasteiger charge is -2.03. The fraction of sp³-hybridized carbons (Fsp3) is 0.333. The number of aliphatic imine (C=N–C) groups is 2. The van der Waals surface area contributed by atoms with Crippen LogP contribution in [0, 0.1) is 0 Å². The first-order chi connectivity index (χ1) is 14.4. The lowest BCUT2D eigenvalue weighted by atomic mass is 10.2. The summed E-state index contributed by atoms with van der Waals surface area (Å²) in [5.74, 6) is 1.17. The Morgan fingerprint density at radius 1 is 0.900 bits per heavy atom. The van der Waals surface area contributed by atoms with E-state index in [1.54, 1.807) is 0 Å². The molecule has 8 nitrogen and oxygen atoms in total. The van der Waals surface area contributed by atoms with Crippen molar-refractivity contribution in [3.63, 3.8) is 0 Å². The molecule has 0 aliphatic carbocycles. The van der Waals surface area contributed by atoms with Crippen molar-refractivity contribution in [2.24, 2.45) is 9.98 Å². The molecule has 2 aromatic carbocycles. The van der Waals surface area contributed by atoms with Gasteiger partial charge in [-0.2, -0.15) is 8.42 Å². The average molecular weight is 432 g/mol. The third-order valence-electron chi connectivity index (χ3n) is 4.15. The second-order valence-corrected chi connectivity index (χ2v) is 8.35. The van der Waals surface area contributed by atoms with E-state index in [2.05, 4.69) is 14.2 Å². The van der Waals surface area contributed by atoms with Crippen LogP contribution in [-0.2, 0) is 23.8 Å². The third-order valence-corrected chi connectivity index (χ3v) is 4.72. The van der Waals surface area contributed by atoms with Gasteiger partial charge in [0.05, 0.1) is 19.5 Å². The molecule has 0 bridgehead atoms. The van der Waals surface area contributed by atoms with Crippen LogP contribution in [0.3, 0.4) is 0 Å². The molecule has 2 heterocycles. The molecule has 2 atom stereocenters. The molecule has 0 fully saturated rings. The summed E-state index contributed by atoms with van der Waals surface area (Å²) in [6.07, 6.45) is 1.02. The molecule has 0 spiro atoms. The summed E-state index contributed by atoms with van der Waals surface area (Å²) in [4.78, 5) is 8.49. The Hall–Kier alpha value is -2.75. The van der Waals surface area contributed by atoms with Crippen molar-refractivity contribution in [2.75, 3.05) is 32.7 Å². The van der Waals surface area contributed by atoms with Crippen LogP contribution in [-0.4, -0.2) is 70.1 Å². The molecule has 2 aliphatic heterocycles. The average Bonchev–Trinajstić information content (AvgIpc) is 3.43. The maximum atomic E-state index is 10.8. The highest BCUT2D eigenvalue weighted by Gasteiger charge is 2.21. The van der Waals surface area contributed by atoms with E-state index < -0.39 is 10.1 Å². The van der Waals surface area contributed by atoms with Crippen LogP contribution in [0.15, 0.2) is 70.6 Å². The largest absolute Gasteiger partial charge is 0.475 e. The van der Waals surface area contributed by atoms with Crippen LogP contribution in [0.25, 0.3) is 0 Å². The van der Waals surface area contributed by atoms with Gasteiger partial charge in [-0.15, -0.1) is 0 Å². The van der Waals surface area contributed by atoms with Crippen molar-refractivity contribution in [3.8, 4) is 0 Å². The molecule has 0 saturated carbocycles. The predicted octanol–water partition coefficient (Wildman–Crippen LogP) is 1.63. The van der Waals surface area contributed by atoms with Gasteiger partial charge in [-0.05, 0) is 24.3 Å². The lowest BCUT2D eigenvalue weighted by molar-refractivity contribution is 0.227. The highest BCUT2D eigenvalue weighted by atomic mass is 32.2. The Labute approximate surface area is 176 Å². The number of aliphatic hydroxyl groups excluding tert-OH is 1. The highest BCUT2D eigenvalue weighted by Crippen LogP contribution is 2.13. The van der Waals surface area contributed by atoms with Gasteiger partial charge in [-0.3, -0.25) is 4.18 Å². The van der Waals surface area contributed by atoms with E-state index in [1.807, 2.05) is 60.7 Å². The monoisotopic (exact) mass is 432 g/mol. The minimum absolute atomic E-state index is 0.0230. The summed E-state index contributed by atoms with van der Waals surface area (Å²) >= 11 is 0. The molecule has 2 aromatic rings. The summed E-state index contributed by atoms with van der Waals surface area (Å²) in [6.45, 7) is 0.909. The van der Waals surface area contributed by atoms with E-state index >= 15 is 0 Å². The Morgan fingerprint density at radius 2 is 1.37 bits per heavy atom. The standard InChI is InChI=1S/C11H13NO4S.C10H11NO2/c1-17(13,14)16-8-10-7-15-11(12-10)9-5-3-2-4-6-9;12-6-9-7-13-10(11-9)8-4-2-1-3-5-8/h2-6,10H,7-8H2,1H3;1-5,9,12H,6-7H2. The molecule has 2 unspecified atom stereocenters. The van der Waals surface area contributed by atoms with Crippen molar-refractivity contribution in [2.45, 2.75) is 12.1 Å². The zero-order chi connectivity index (χ0) is 21.4. The second kappa shape index (κ2) is 10.3. The van der Waals surface area contributed by atoms with Crippen molar-refractivity contribution < 1.29 is 27.2 Å². The van der Waals surface area contributed by atoms with Gasteiger partial charge in [0.25, 0.3) is 10.1 Å². The van der Waals surface area contributed by atoms with Gasteiger partial charge >= 0.3 is 0 Å². The Kier molecular flexibility index (Phi) is 7.56. The highest BCUT2D eigenvalue weighted by molar-refractivity contribution is 7.85. The SMILES string of the molecule is CS(=O)(=O)OCC1COC(c2ccccc2)=N1.OCC1COC(c2ccccc2)=N1. The van der Waals surface area contributed by atoms with E-state index in [-0.39, 0.29) is 25.3 Å². The molecular formula is C21H24N2O6S. The molecule has 9 heteroatoms. The van der Waals surface area contributed by atoms with Gasteiger partial charge in [0.2, 0.25) is 11.8 Å². The first-order valence-electron chi connectivity index (χ1n) is 9.42. The zero-order valence-electron chi connectivity index (χ0n) is 16.5. The van der Waals surface area contributed by atoms with Crippen molar-refractivity contribution in [1.82, 2.24) is 0 Å². The minimum atomic E-state index is -3.42. The van der Waals surface area contributed by atoms with Crippen LogP contribution >= 0.6 is 0 Å². The van der Waals surface area contributed by atoms with Crippen molar-refractivity contribution in [1.29, 1.82) is 0 Å². The van der Waals surface area contributed by atoms with Gasteiger partial charge in [-0.1, -0.05) is 36.4 Å². The quantitative estimate of drug-likeness (QED) is 0.696. The zero-order valence-corrected chi connectivity index (χ0v) is 17.4. The van der Waals surface area contributed by atoms with Crippen LogP contribution in [0.1, 0.15) is 11.1 Å². The summed E-state index contributed by atoms with van der Waals surface area (Å²) < 4.78 is 37.1. The molecule has 2 aliphatic rings. The smallest absolute Gasteiger partial charge is 0.264 e. The number of benzene rings is 2. The Bertz CT molecular complexity index is 977. The second-order valence-electron chi connectivity index (χ2n) is 6.70. The third kappa shape index (κ3) is 6.65. The fourth-order valence-electron chi connectivity index (χ4n) is 2.69. The Morgan fingerprint density at radius 3 is 1.80 bits per heavy atom. The van der Waals surface area contributed by atoms with Gasteiger partial charge in [0, 0.05) is 11.1 Å². The fourth-order valence-corrected chi connectivity index (χ4v) is 3.09. The molecule has 4 rings (SSSR count). The first kappa shape index (κ1) is 21.9. The van der Waals surface area contributed by atoms with Gasteiger partial charge in [-0.25, -0.2) is 9.98 Å². The summed E-state index contributed by atoms with van der Waals surface area (Å²) in [5.41, 5.74) is 1.85. The molecule has 0 amide bonds. The van der Waals surface area contributed by atoms with Crippen molar-refractivity contribution >= 4 is 21.9 Å². The van der Waals surface area contributed by atoms with Gasteiger partial charge in [0.15, 0.2) is 0 Å². The lowest BCUT2D eigenvalue weighted by Crippen LogP contribution is -2.17. The van der Waals surface area contributed by atoms with Crippen LogP contribution in [0.5, 0.6) is 0 Å². The first-order valence-corrected chi connectivity index (χ1v) is 11.2. The maximum absolute atomic E-state index is 10.8. The summed E-state index contributed by atoms with van der Waals surface area (Å²) in [7, 11) is -3.42. The summed E-state index contributed by atoms with van der Waals surface area (Å²) in [6, 6.07) is 18.8. The predicted molar refractivity (Wildman–Crippen MR) is 113 cm³/mol. The molecule has 0 saturated heterocycles. The van der Waals surface area contributed by atoms with E-state index in [9.17, 15) is 8.42 Å².